The number of carbonyl (C=O) groups excluding carboxylic acids is 1. The highest BCUT2D eigenvalue weighted by molar-refractivity contribution is 5.90. The molecule has 9 atom stereocenters. The van der Waals surface area contributed by atoms with Gasteiger partial charge < -0.3 is 64.6 Å². The summed E-state index contributed by atoms with van der Waals surface area (Å²) in [6.07, 6.45) is -4.91. The molecule has 4 heterocycles. The average Bonchev–Trinajstić information content (AvgIpc) is 3.69. The molecule has 0 aromatic heterocycles. The van der Waals surface area contributed by atoms with Gasteiger partial charge in [0.15, 0.2) is 23.2 Å². The van der Waals surface area contributed by atoms with Crippen molar-refractivity contribution < 1.29 is 63.2 Å². The third-order valence-electron chi connectivity index (χ3n) is 9.98. The summed E-state index contributed by atoms with van der Waals surface area (Å²) in [5.41, 5.74) is 5.32. The van der Waals surface area contributed by atoms with Crippen LogP contribution in [-0.4, -0.2) is 94.7 Å². The molecule has 2 spiro atoms. The maximum atomic E-state index is 12.4. The molecule has 5 aliphatic rings. The molecule has 0 radical (unpaired) electrons. The van der Waals surface area contributed by atoms with Crippen LogP contribution in [-0.2, 0) is 19.1 Å². The van der Waals surface area contributed by atoms with Crippen LogP contribution in [0.4, 0.5) is 0 Å². The minimum absolute atomic E-state index is 0.106. The number of methoxy groups -OCH3 is 2. The number of hydrogen-bond acceptors (Lipinski definition) is 14. The molecule has 2 fully saturated rings. The van der Waals surface area contributed by atoms with Crippen LogP contribution in [0, 0.1) is 0 Å². The monoisotopic (exact) mass is 670 g/mol. The minimum atomic E-state index is -2.02. The Balaban J connectivity index is 1.20. The fraction of sp³-hybridized carbons (Fsp3) is 0.515. The molecular weight excluding hydrogens is 632 g/mol. The smallest absolute Gasteiger partial charge is 0.317 e. The number of carboxylic acid groups (broad SMARTS) is 1. The van der Waals surface area contributed by atoms with E-state index < -0.39 is 72.5 Å². The number of carbonyl (C=O) groups is 2. The first kappa shape index (κ1) is 32.3. The maximum absolute atomic E-state index is 12.4. The number of nitrogens with two attached hydrogens (primary N) is 1. The number of carboxylic acids is 1. The predicted molar refractivity (Wildman–Crippen MR) is 163 cm³/mol. The van der Waals surface area contributed by atoms with Gasteiger partial charge in [0.25, 0.3) is 0 Å². The zero-order valence-electron chi connectivity index (χ0n) is 26.2. The van der Waals surface area contributed by atoms with E-state index in [-0.39, 0.29) is 11.7 Å². The van der Waals surface area contributed by atoms with Crippen molar-refractivity contribution in [2.24, 2.45) is 5.73 Å². The van der Waals surface area contributed by atoms with E-state index in [1.165, 1.54) is 12.3 Å². The minimum Gasteiger partial charge on any atom is -0.493 e. The third kappa shape index (κ3) is 4.99. The lowest BCUT2D eigenvalue weighted by molar-refractivity contribution is -0.321. The summed E-state index contributed by atoms with van der Waals surface area (Å²) in [5.74, 6) is -0.292. The van der Waals surface area contributed by atoms with Crippen molar-refractivity contribution in [3.05, 3.63) is 53.7 Å². The Morgan fingerprint density at radius 2 is 1.79 bits per heavy atom. The van der Waals surface area contributed by atoms with Crippen molar-refractivity contribution in [1.82, 2.24) is 5.32 Å². The second-order valence-electron chi connectivity index (χ2n) is 12.7. The zero-order valence-corrected chi connectivity index (χ0v) is 26.2. The lowest BCUT2D eigenvalue weighted by atomic mass is 9.74. The summed E-state index contributed by atoms with van der Waals surface area (Å²) in [5, 5.41) is 44.8. The second kappa shape index (κ2) is 12.0. The van der Waals surface area contributed by atoms with Crippen LogP contribution in [0.15, 0.2) is 42.6 Å². The molecule has 7 rings (SSSR count). The van der Waals surface area contributed by atoms with Gasteiger partial charge in [-0.25, -0.2) is 0 Å². The van der Waals surface area contributed by atoms with Crippen LogP contribution in [0.25, 0.3) is 0 Å². The topological polar surface area (TPSA) is 218 Å². The Kier molecular flexibility index (Phi) is 8.07. The lowest BCUT2D eigenvalue weighted by Gasteiger charge is -2.52. The number of hydrogen-bond donors (Lipinski definition) is 6. The van der Waals surface area contributed by atoms with Crippen molar-refractivity contribution >= 4 is 11.9 Å². The fourth-order valence-electron chi connectivity index (χ4n) is 7.80. The number of aliphatic carboxylic acids is 1. The van der Waals surface area contributed by atoms with Crippen LogP contribution in [0.3, 0.4) is 0 Å². The van der Waals surface area contributed by atoms with Gasteiger partial charge in [0.1, 0.15) is 54.1 Å². The van der Waals surface area contributed by atoms with Crippen LogP contribution < -0.4 is 34.7 Å². The van der Waals surface area contributed by atoms with Gasteiger partial charge in [0.2, 0.25) is 12.0 Å². The largest absolute Gasteiger partial charge is 0.493 e. The van der Waals surface area contributed by atoms with Crippen molar-refractivity contribution in [2.75, 3.05) is 14.2 Å². The lowest BCUT2D eigenvalue weighted by Crippen LogP contribution is -2.74. The first-order chi connectivity index (χ1) is 23.0. The van der Waals surface area contributed by atoms with E-state index >= 15 is 0 Å². The summed E-state index contributed by atoms with van der Waals surface area (Å²) in [4.78, 5) is 23.5. The summed E-state index contributed by atoms with van der Waals surface area (Å²) in [7, 11) is 3.14. The molecule has 258 valence electrons. The number of aliphatic hydroxyl groups excluding tert-OH is 3. The van der Waals surface area contributed by atoms with Crippen molar-refractivity contribution in [3.8, 4) is 28.7 Å². The van der Waals surface area contributed by atoms with E-state index in [1.807, 2.05) is 12.1 Å². The highest BCUT2D eigenvalue weighted by Crippen LogP contribution is 2.64. The Morgan fingerprint density at radius 3 is 2.50 bits per heavy atom. The van der Waals surface area contributed by atoms with Crippen molar-refractivity contribution in [3.63, 3.8) is 0 Å². The molecule has 1 aliphatic carbocycles. The van der Waals surface area contributed by atoms with Gasteiger partial charge in [-0.15, -0.1) is 0 Å². The third-order valence-corrected chi connectivity index (χ3v) is 9.98. The van der Waals surface area contributed by atoms with E-state index in [9.17, 15) is 24.9 Å². The van der Waals surface area contributed by atoms with Gasteiger partial charge in [0, 0.05) is 17.2 Å². The summed E-state index contributed by atoms with van der Waals surface area (Å²) >= 11 is 0. The van der Waals surface area contributed by atoms with E-state index in [0.717, 1.165) is 36.8 Å². The van der Waals surface area contributed by atoms with Gasteiger partial charge >= 0.3 is 11.9 Å². The van der Waals surface area contributed by atoms with Gasteiger partial charge in [-0.1, -0.05) is 6.07 Å². The Labute approximate surface area is 275 Å². The number of aliphatic hydroxyl groups is 3. The molecule has 2 aromatic carbocycles. The first-order valence-corrected chi connectivity index (χ1v) is 15.8. The van der Waals surface area contributed by atoms with Crippen LogP contribution >= 0.6 is 0 Å². The fourth-order valence-corrected chi connectivity index (χ4v) is 7.80. The summed E-state index contributed by atoms with van der Waals surface area (Å²) in [6, 6.07) is 8.97. The summed E-state index contributed by atoms with van der Waals surface area (Å²) < 4.78 is 42.2. The van der Waals surface area contributed by atoms with Crippen LogP contribution in [0.2, 0.25) is 0 Å². The predicted octanol–water partition coefficient (Wildman–Crippen LogP) is 0.971. The van der Waals surface area contributed by atoms with Crippen LogP contribution in [0.1, 0.15) is 55.3 Å². The summed E-state index contributed by atoms with van der Waals surface area (Å²) in [6.45, 7) is 0. The number of ether oxygens (including phenoxy) is 7. The second-order valence-corrected chi connectivity index (χ2v) is 12.7. The van der Waals surface area contributed by atoms with Gasteiger partial charge in [-0.3, -0.25) is 9.59 Å². The van der Waals surface area contributed by atoms with Crippen molar-refractivity contribution in [1.29, 1.82) is 0 Å². The Hall–Kier alpha value is -4.28. The zero-order chi connectivity index (χ0) is 34.0. The highest BCUT2D eigenvalue weighted by atomic mass is 16.7. The molecule has 4 aliphatic heterocycles. The van der Waals surface area contributed by atoms with Gasteiger partial charge in [-0.05, 0) is 56.2 Å². The number of esters is 1. The van der Waals surface area contributed by atoms with Crippen molar-refractivity contribution in [2.45, 2.75) is 92.2 Å². The molecule has 48 heavy (non-hydrogen) atoms. The molecule has 0 amide bonds. The van der Waals surface area contributed by atoms with E-state index in [2.05, 4.69) is 5.32 Å². The quantitative estimate of drug-likeness (QED) is 0.179. The Bertz CT molecular complexity index is 1630. The normalized spacial score (nSPS) is 33.8. The number of fused-ring (bicyclic) bond motifs is 6. The van der Waals surface area contributed by atoms with Gasteiger partial charge in [-0.2, -0.15) is 0 Å². The number of nitrogens with one attached hydrogen (secondary N) is 1. The number of rotatable bonds is 7. The Morgan fingerprint density at radius 1 is 1.04 bits per heavy atom. The highest BCUT2D eigenvalue weighted by Gasteiger charge is 2.61. The average molecular weight is 671 g/mol. The molecule has 0 bridgehead atoms. The first-order valence-electron chi connectivity index (χ1n) is 15.8. The molecule has 15 nitrogen and oxygen atoms in total. The van der Waals surface area contributed by atoms with E-state index in [0.29, 0.717) is 23.0 Å². The molecule has 2 aromatic rings. The molecule has 1 saturated carbocycles. The molecule has 1 saturated heterocycles. The van der Waals surface area contributed by atoms with E-state index in [1.54, 1.807) is 32.4 Å². The molecular formula is C33H38N2O13. The van der Waals surface area contributed by atoms with Gasteiger partial charge in [0.05, 0.1) is 20.1 Å². The molecule has 15 heteroatoms. The molecule has 7 N–H and O–H groups in total. The van der Waals surface area contributed by atoms with E-state index in [4.69, 9.17) is 44.0 Å². The molecule has 9 unspecified atom stereocenters. The number of benzene rings is 2. The van der Waals surface area contributed by atoms with Crippen LogP contribution in [0.5, 0.6) is 28.7 Å². The SMILES string of the molecule is COc1ccc2c(c1OC)OC1c3ccc(OC4OC5(C=CNC(N)C5OC(=O)CC(=O)O)C(O)C(O)C4O)cc3OC3(CCCC3)C21. The maximum Gasteiger partial charge on any atom is 0.317 e. The standard InChI is InChI=1S/C33H38N2O13/c1-42-18-8-7-17-22-25(46-26(17)27(18)43-2)16-6-5-15(13-19(16)47-32(22)9-3-4-10-32)44-31-24(40)23(39)28(41)33(48-31)11-12-35-30(34)29(33)45-21(38)14-20(36)37/h5-8,11-13,22-25,28-31,35,39-41H,3-4,9-10,14,34H2,1-2H3,(H,36,37).